The summed E-state index contributed by atoms with van der Waals surface area (Å²) in [4.78, 5) is 12.0. The fraction of sp³-hybridized carbons (Fsp3) is 0.375. The van der Waals surface area contributed by atoms with Gasteiger partial charge in [-0.1, -0.05) is 40.2 Å². The second-order valence-corrected chi connectivity index (χ2v) is 7.66. The third kappa shape index (κ3) is 7.33. The summed E-state index contributed by atoms with van der Waals surface area (Å²) in [7, 11) is 0. The summed E-state index contributed by atoms with van der Waals surface area (Å²) in [6, 6.07) is 16.0. The number of benzene rings is 2. The predicted molar refractivity (Wildman–Crippen MR) is 120 cm³/mol. The first-order valence-corrected chi connectivity index (χ1v) is 10.7. The highest BCUT2D eigenvalue weighted by Crippen LogP contribution is 2.22. The maximum atomic E-state index is 12.0. The molecule has 0 spiro atoms. The van der Waals surface area contributed by atoms with Gasteiger partial charge in [-0.2, -0.15) is 0 Å². The average Bonchev–Trinajstić information content (AvgIpc) is 2.73. The molecule has 2 aromatic carbocycles. The quantitative estimate of drug-likeness (QED) is 0.418. The summed E-state index contributed by atoms with van der Waals surface area (Å²) < 4.78 is 17.6. The van der Waals surface area contributed by atoms with Gasteiger partial charge in [-0.15, -0.1) is 0 Å². The molecule has 0 aliphatic rings. The number of carbonyl (C=O) groups is 1. The minimum absolute atomic E-state index is 0.321. The molecule has 0 aliphatic carbocycles. The lowest BCUT2D eigenvalue weighted by molar-refractivity contribution is -0.156. The van der Waals surface area contributed by atoms with Gasteiger partial charge in [0.15, 0.2) is 6.10 Å². The first-order valence-electron chi connectivity index (χ1n) is 9.86. The topological polar surface area (TPSA) is 44.8 Å². The van der Waals surface area contributed by atoms with Crippen molar-refractivity contribution in [1.82, 2.24) is 0 Å². The Bertz CT molecular complexity index is 810. The highest BCUT2D eigenvalue weighted by Gasteiger charge is 2.20. The lowest BCUT2D eigenvalue weighted by atomic mass is 10.0. The zero-order valence-electron chi connectivity index (χ0n) is 17.5. The van der Waals surface area contributed by atoms with Gasteiger partial charge in [0, 0.05) is 17.5 Å². The Hall–Kier alpha value is -2.11. The lowest BCUT2D eigenvalue weighted by Crippen LogP contribution is -2.28. The fourth-order valence-corrected chi connectivity index (χ4v) is 3.09. The Balaban J connectivity index is 1.96. The van der Waals surface area contributed by atoms with Gasteiger partial charge in [0.05, 0.1) is 6.61 Å². The van der Waals surface area contributed by atoms with Crippen LogP contribution >= 0.6 is 15.9 Å². The third-order valence-corrected chi connectivity index (χ3v) is 5.16. The van der Waals surface area contributed by atoms with Crippen molar-refractivity contribution >= 4 is 27.5 Å². The van der Waals surface area contributed by atoms with Crippen LogP contribution in [0.3, 0.4) is 0 Å². The fourth-order valence-electron chi connectivity index (χ4n) is 2.83. The first-order chi connectivity index (χ1) is 13.9. The van der Waals surface area contributed by atoms with E-state index in [9.17, 15) is 4.79 Å². The standard InChI is InChI=1S/C24H29BrO4/c1-5-27-23(24(26)28-6-2)15-19-7-13-22(14-8-19)29-16-17(3)18(4)20-9-11-21(25)12-10-20/h7-14,23H,5-6,15-16H2,1-4H3/b18-17+. The number of halogens is 1. The zero-order chi connectivity index (χ0) is 21.2. The van der Waals surface area contributed by atoms with E-state index in [4.69, 9.17) is 14.2 Å². The molecule has 29 heavy (non-hydrogen) atoms. The third-order valence-electron chi connectivity index (χ3n) is 4.63. The summed E-state index contributed by atoms with van der Waals surface area (Å²) in [6.45, 7) is 9.19. The molecule has 0 aromatic heterocycles. The van der Waals surface area contributed by atoms with Crippen LogP contribution in [-0.4, -0.2) is 31.9 Å². The smallest absolute Gasteiger partial charge is 0.335 e. The van der Waals surface area contributed by atoms with E-state index in [0.717, 1.165) is 15.8 Å². The molecule has 2 aromatic rings. The number of ether oxygens (including phenoxy) is 3. The summed E-state index contributed by atoms with van der Waals surface area (Å²) in [5, 5.41) is 0. The molecule has 0 N–H and O–H groups in total. The molecule has 0 amide bonds. The second kappa shape index (κ2) is 11.8. The van der Waals surface area contributed by atoms with Crippen LogP contribution in [0.2, 0.25) is 0 Å². The molecule has 0 aliphatic heterocycles. The average molecular weight is 461 g/mol. The molecule has 0 saturated carbocycles. The van der Waals surface area contributed by atoms with E-state index in [1.54, 1.807) is 6.92 Å². The molecule has 4 nitrogen and oxygen atoms in total. The molecule has 156 valence electrons. The van der Waals surface area contributed by atoms with Crippen molar-refractivity contribution in [2.45, 2.75) is 40.2 Å². The summed E-state index contributed by atoms with van der Waals surface area (Å²) >= 11 is 3.46. The molecule has 2 rings (SSSR count). The van der Waals surface area contributed by atoms with E-state index >= 15 is 0 Å². The summed E-state index contributed by atoms with van der Waals surface area (Å²) in [6.07, 6.45) is -0.0976. The molecule has 0 heterocycles. The van der Waals surface area contributed by atoms with E-state index in [0.29, 0.717) is 26.2 Å². The molecule has 5 heteroatoms. The van der Waals surface area contributed by atoms with Crippen molar-refractivity contribution in [3.63, 3.8) is 0 Å². The molecule has 0 radical (unpaired) electrons. The Labute approximate surface area is 182 Å². The Morgan fingerprint density at radius 1 is 0.966 bits per heavy atom. The van der Waals surface area contributed by atoms with Crippen LogP contribution in [0.1, 0.15) is 38.8 Å². The number of esters is 1. The molecule has 0 fully saturated rings. The number of hydrogen-bond donors (Lipinski definition) is 0. The van der Waals surface area contributed by atoms with Crippen molar-refractivity contribution in [3.8, 4) is 5.75 Å². The van der Waals surface area contributed by atoms with Crippen molar-refractivity contribution in [2.24, 2.45) is 0 Å². The molecule has 0 saturated heterocycles. The molecular formula is C24H29BrO4. The summed E-state index contributed by atoms with van der Waals surface area (Å²) in [5.41, 5.74) is 4.57. The van der Waals surface area contributed by atoms with Crippen molar-refractivity contribution in [2.75, 3.05) is 19.8 Å². The van der Waals surface area contributed by atoms with Crippen LogP contribution < -0.4 is 4.74 Å². The minimum atomic E-state index is -0.578. The van der Waals surface area contributed by atoms with Gasteiger partial charge in [0.2, 0.25) is 0 Å². The van der Waals surface area contributed by atoms with Gasteiger partial charge in [-0.05, 0) is 74.2 Å². The van der Waals surface area contributed by atoms with Gasteiger partial charge in [0.25, 0.3) is 0 Å². The number of rotatable bonds is 10. The number of hydrogen-bond acceptors (Lipinski definition) is 4. The van der Waals surface area contributed by atoms with Gasteiger partial charge in [-0.25, -0.2) is 4.79 Å². The zero-order valence-corrected chi connectivity index (χ0v) is 19.1. The van der Waals surface area contributed by atoms with Crippen LogP contribution in [0.15, 0.2) is 58.6 Å². The molecular weight excluding hydrogens is 432 g/mol. The van der Waals surface area contributed by atoms with Crippen molar-refractivity contribution in [1.29, 1.82) is 0 Å². The Morgan fingerprint density at radius 3 is 2.21 bits per heavy atom. The maximum Gasteiger partial charge on any atom is 0.335 e. The van der Waals surface area contributed by atoms with Crippen molar-refractivity contribution < 1.29 is 19.0 Å². The SMILES string of the molecule is CCOC(=O)C(Cc1ccc(OC/C(C)=C(\C)c2ccc(Br)cc2)cc1)OCC. The van der Waals surface area contributed by atoms with Crippen LogP contribution in [0.25, 0.3) is 5.57 Å². The largest absolute Gasteiger partial charge is 0.489 e. The van der Waals surface area contributed by atoms with Gasteiger partial charge in [0.1, 0.15) is 12.4 Å². The van der Waals surface area contributed by atoms with E-state index in [2.05, 4.69) is 41.9 Å². The normalized spacial score (nSPS) is 12.9. The summed E-state index contributed by atoms with van der Waals surface area (Å²) in [5.74, 6) is 0.472. The van der Waals surface area contributed by atoms with E-state index < -0.39 is 6.10 Å². The van der Waals surface area contributed by atoms with E-state index in [1.165, 1.54) is 16.7 Å². The number of carbonyl (C=O) groups excluding carboxylic acids is 1. The maximum absolute atomic E-state index is 12.0. The Kier molecular flexibility index (Phi) is 9.42. The van der Waals surface area contributed by atoms with Crippen LogP contribution in [0.5, 0.6) is 5.75 Å². The highest BCUT2D eigenvalue weighted by molar-refractivity contribution is 9.10. The van der Waals surface area contributed by atoms with E-state index in [-0.39, 0.29) is 5.97 Å². The van der Waals surface area contributed by atoms with Gasteiger partial charge >= 0.3 is 5.97 Å². The minimum Gasteiger partial charge on any atom is -0.489 e. The van der Waals surface area contributed by atoms with Gasteiger partial charge in [-0.3, -0.25) is 0 Å². The Morgan fingerprint density at radius 2 is 1.62 bits per heavy atom. The molecule has 0 bridgehead atoms. The predicted octanol–water partition coefficient (Wildman–Crippen LogP) is 5.83. The molecule has 1 atom stereocenters. The van der Waals surface area contributed by atoms with Crippen LogP contribution in [-0.2, 0) is 20.7 Å². The molecule has 1 unspecified atom stereocenters. The van der Waals surface area contributed by atoms with Gasteiger partial charge < -0.3 is 14.2 Å². The lowest BCUT2D eigenvalue weighted by Gasteiger charge is -2.16. The number of allylic oxidation sites excluding steroid dienone is 1. The van der Waals surface area contributed by atoms with E-state index in [1.807, 2.05) is 43.3 Å². The highest BCUT2D eigenvalue weighted by atomic mass is 79.9. The van der Waals surface area contributed by atoms with Crippen LogP contribution in [0.4, 0.5) is 0 Å². The van der Waals surface area contributed by atoms with Crippen LogP contribution in [0, 0.1) is 0 Å². The monoisotopic (exact) mass is 460 g/mol. The van der Waals surface area contributed by atoms with Crippen molar-refractivity contribution in [3.05, 3.63) is 69.7 Å². The second-order valence-electron chi connectivity index (χ2n) is 6.75. The first kappa shape index (κ1) is 23.2.